The lowest BCUT2D eigenvalue weighted by Crippen LogP contribution is -2.47. The molecule has 2 aromatic carbocycles. The van der Waals surface area contributed by atoms with Crippen molar-refractivity contribution in [2.45, 2.75) is 18.4 Å². The number of carbonyl (C=O) groups excluding carboxylic acids is 1. The van der Waals surface area contributed by atoms with Gasteiger partial charge in [0.15, 0.2) is 5.82 Å². The van der Waals surface area contributed by atoms with Crippen molar-refractivity contribution >= 4 is 51.5 Å². The maximum atomic E-state index is 14.7. The van der Waals surface area contributed by atoms with Gasteiger partial charge in [-0.3, -0.25) is 4.79 Å². The molecule has 0 saturated carbocycles. The molecule has 34 heavy (non-hydrogen) atoms. The number of nitrogens with zero attached hydrogens (tertiary/aromatic N) is 3. The van der Waals surface area contributed by atoms with E-state index in [1.54, 1.807) is 4.90 Å². The number of carbonyl (C=O) groups is 1. The summed E-state index contributed by atoms with van der Waals surface area (Å²) >= 11 is 11.9. The van der Waals surface area contributed by atoms with Crippen LogP contribution in [0.1, 0.15) is 17.9 Å². The average Bonchev–Trinajstić information content (AvgIpc) is 3.32. The van der Waals surface area contributed by atoms with Gasteiger partial charge in [0.2, 0.25) is 5.91 Å². The first-order chi connectivity index (χ1) is 16.4. The zero-order chi connectivity index (χ0) is 23.8. The second kappa shape index (κ2) is 9.37. The molecule has 0 unspecified atom stereocenters. The van der Waals surface area contributed by atoms with Gasteiger partial charge in [0.05, 0.1) is 34.5 Å². The van der Waals surface area contributed by atoms with Crippen LogP contribution in [0, 0.1) is 5.82 Å². The quantitative estimate of drug-likeness (QED) is 0.373. The summed E-state index contributed by atoms with van der Waals surface area (Å²) in [6, 6.07) is 6.82. The molecule has 2 saturated heterocycles. The number of aromatic nitrogens is 2. The van der Waals surface area contributed by atoms with Crippen LogP contribution in [-0.2, 0) is 9.53 Å². The van der Waals surface area contributed by atoms with E-state index in [-0.39, 0.29) is 33.7 Å². The normalized spacial score (nSPS) is 18.1. The minimum absolute atomic E-state index is 0.0491. The Kier molecular flexibility index (Phi) is 6.29. The lowest BCUT2D eigenvalue weighted by atomic mass is 9.89. The molecular weight excluding hydrogens is 482 g/mol. The van der Waals surface area contributed by atoms with Gasteiger partial charge in [0.1, 0.15) is 24.0 Å². The molecule has 0 bridgehead atoms. The van der Waals surface area contributed by atoms with E-state index < -0.39 is 5.82 Å². The molecule has 2 aliphatic heterocycles. The van der Waals surface area contributed by atoms with Crippen molar-refractivity contribution in [2.24, 2.45) is 0 Å². The second-order valence-electron chi connectivity index (χ2n) is 8.23. The summed E-state index contributed by atoms with van der Waals surface area (Å²) in [4.78, 5) is 22.4. The van der Waals surface area contributed by atoms with Crippen LogP contribution >= 0.6 is 23.2 Å². The molecule has 3 aromatic rings. The van der Waals surface area contributed by atoms with Gasteiger partial charge in [-0.05, 0) is 24.3 Å². The van der Waals surface area contributed by atoms with Crippen LogP contribution in [0.3, 0.4) is 0 Å². The Bertz CT molecular complexity index is 1280. The van der Waals surface area contributed by atoms with Gasteiger partial charge < -0.3 is 19.7 Å². The van der Waals surface area contributed by atoms with Gasteiger partial charge in [-0.25, -0.2) is 14.4 Å². The number of ether oxygens (including phenoxy) is 2. The molecule has 0 spiro atoms. The molecule has 1 atom stereocenters. The second-order valence-corrected chi connectivity index (χ2v) is 9.01. The smallest absolute Gasteiger partial charge is 0.245 e. The van der Waals surface area contributed by atoms with E-state index in [1.807, 2.05) is 12.1 Å². The van der Waals surface area contributed by atoms with Crippen molar-refractivity contribution < 1.29 is 18.7 Å². The van der Waals surface area contributed by atoms with E-state index in [1.165, 1.54) is 24.5 Å². The minimum atomic E-state index is -0.667. The lowest BCUT2D eigenvalue weighted by molar-refractivity contribution is -0.130. The number of likely N-dealkylation sites (tertiary alicyclic amines) is 1. The number of fused-ring (bicyclic) bond motifs is 1. The summed E-state index contributed by atoms with van der Waals surface area (Å²) in [5.41, 5.74) is 1.71. The van der Waals surface area contributed by atoms with Crippen LogP contribution in [0.5, 0.6) is 5.75 Å². The first kappa shape index (κ1) is 22.8. The van der Waals surface area contributed by atoms with Gasteiger partial charge >= 0.3 is 0 Å². The molecular formula is C24H21Cl2FN4O3. The molecule has 7 nitrogen and oxygen atoms in total. The fraction of sp³-hybridized carbons (Fsp3) is 0.292. The summed E-state index contributed by atoms with van der Waals surface area (Å²) < 4.78 is 26.4. The van der Waals surface area contributed by atoms with Crippen molar-refractivity contribution in [3.63, 3.8) is 0 Å². The third kappa shape index (κ3) is 4.29. The van der Waals surface area contributed by atoms with Crippen LogP contribution in [0.4, 0.5) is 15.9 Å². The molecule has 1 N–H and O–H groups in total. The predicted molar refractivity (Wildman–Crippen MR) is 129 cm³/mol. The summed E-state index contributed by atoms with van der Waals surface area (Å²) in [6.07, 6.45) is 3.46. The molecule has 0 radical (unpaired) electrons. The average molecular weight is 503 g/mol. The number of rotatable bonds is 6. The van der Waals surface area contributed by atoms with E-state index >= 15 is 0 Å². The van der Waals surface area contributed by atoms with Gasteiger partial charge in [-0.15, -0.1) is 0 Å². The molecule has 0 aliphatic carbocycles. The van der Waals surface area contributed by atoms with Crippen LogP contribution in [0.25, 0.3) is 10.9 Å². The van der Waals surface area contributed by atoms with E-state index in [9.17, 15) is 9.18 Å². The monoisotopic (exact) mass is 502 g/mol. The lowest BCUT2D eigenvalue weighted by Gasteiger charge is -2.39. The number of halogens is 3. The maximum absolute atomic E-state index is 14.7. The number of anilines is 2. The highest BCUT2D eigenvalue weighted by Gasteiger charge is 2.34. The number of amides is 1. The van der Waals surface area contributed by atoms with E-state index in [2.05, 4.69) is 21.9 Å². The largest absolute Gasteiger partial charge is 0.488 e. The van der Waals surface area contributed by atoms with Crippen molar-refractivity contribution in [1.82, 2.24) is 14.9 Å². The van der Waals surface area contributed by atoms with E-state index in [0.717, 1.165) is 12.0 Å². The van der Waals surface area contributed by atoms with Gasteiger partial charge in [0, 0.05) is 42.4 Å². The Morgan fingerprint density at radius 2 is 2.12 bits per heavy atom. The number of benzene rings is 2. The fourth-order valence-corrected chi connectivity index (χ4v) is 4.45. The zero-order valence-corrected chi connectivity index (χ0v) is 19.6. The molecule has 3 heterocycles. The van der Waals surface area contributed by atoms with Crippen molar-refractivity contribution in [1.29, 1.82) is 0 Å². The van der Waals surface area contributed by atoms with Gasteiger partial charge in [-0.2, -0.15) is 0 Å². The van der Waals surface area contributed by atoms with Gasteiger partial charge in [-0.1, -0.05) is 29.8 Å². The van der Waals surface area contributed by atoms with E-state index in [4.69, 9.17) is 32.7 Å². The third-order valence-electron chi connectivity index (χ3n) is 6.04. The highest BCUT2D eigenvalue weighted by molar-refractivity contribution is 6.42. The van der Waals surface area contributed by atoms with Gasteiger partial charge in [0.25, 0.3) is 0 Å². The fourth-order valence-electron chi connectivity index (χ4n) is 4.14. The molecule has 1 amide bonds. The first-order valence-electron chi connectivity index (χ1n) is 10.8. The Balaban J connectivity index is 1.53. The Hall–Kier alpha value is -2.94. The highest BCUT2D eigenvalue weighted by atomic mass is 35.5. The predicted octanol–water partition coefficient (Wildman–Crippen LogP) is 5.10. The summed E-state index contributed by atoms with van der Waals surface area (Å²) in [6.45, 7) is 5.83. The van der Waals surface area contributed by atoms with E-state index in [0.29, 0.717) is 48.8 Å². The van der Waals surface area contributed by atoms with Crippen molar-refractivity contribution in [3.8, 4) is 5.75 Å². The van der Waals surface area contributed by atoms with Crippen LogP contribution in [0.15, 0.2) is 43.2 Å². The number of hydrogen-bond donors (Lipinski definition) is 1. The topological polar surface area (TPSA) is 76.6 Å². The molecule has 1 aromatic heterocycles. The summed E-state index contributed by atoms with van der Waals surface area (Å²) in [7, 11) is 0. The van der Waals surface area contributed by atoms with Crippen LogP contribution in [-0.4, -0.2) is 53.2 Å². The zero-order valence-electron chi connectivity index (χ0n) is 18.1. The summed E-state index contributed by atoms with van der Waals surface area (Å²) in [5, 5.41) is 3.65. The molecule has 10 heteroatoms. The molecule has 176 valence electrons. The maximum Gasteiger partial charge on any atom is 0.245 e. The van der Waals surface area contributed by atoms with Crippen molar-refractivity contribution in [3.05, 3.63) is 64.7 Å². The molecule has 2 fully saturated rings. The molecule has 5 rings (SSSR count). The minimum Gasteiger partial charge on any atom is -0.488 e. The number of hydrogen-bond acceptors (Lipinski definition) is 6. The third-order valence-corrected chi connectivity index (χ3v) is 6.83. The van der Waals surface area contributed by atoms with Crippen LogP contribution < -0.4 is 10.1 Å². The summed E-state index contributed by atoms with van der Waals surface area (Å²) in [5.74, 6) is 0.409. The molecule has 2 aliphatic rings. The Morgan fingerprint density at radius 3 is 2.85 bits per heavy atom. The first-order valence-corrected chi connectivity index (χ1v) is 11.5. The highest BCUT2D eigenvalue weighted by Crippen LogP contribution is 2.39. The SMILES string of the molecule is C=CC(=O)N1CC(c2cc3c(Nc4ccc(Cl)c(Cl)c4F)ncnc3cc2O[C@H]2CCOC2)C1. The number of nitrogens with one attached hydrogen (secondary N) is 1. The Labute approximate surface area is 205 Å². The van der Waals surface area contributed by atoms with Crippen molar-refractivity contribution in [2.75, 3.05) is 31.6 Å². The van der Waals surface area contributed by atoms with Crippen LogP contribution in [0.2, 0.25) is 10.0 Å². The Morgan fingerprint density at radius 1 is 1.29 bits per heavy atom. The standard InChI is InChI=1S/C24H21Cl2FN4O3/c1-2-21(32)31-9-13(10-31)15-7-16-19(8-20(15)34-14-5-6-33-11-14)28-12-29-24(16)30-18-4-3-17(25)22(26)23(18)27/h2-4,7-8,12-14H,1,5-6,9-11H2,(H,28,29,30)/t14-/m0/s1.